The maximum absolute atomic E-state index is 11.9. The normalized spacial score (nSPS) is 20.9. The molecule has 0 N–H and O–H groups in total. The predicted molar refractivity (Wildman–Crippen MR) is 119 cm³/mol. The van der Waals surface area contributed by atoms with Crippen LogP contribution in [0.1, 0.15) is 37.7 Å². The molecule has 0 aromatic heterocycles. The van der Waals surface area contributed by atoms with Crippen LogP contribution >= 0.6 is 15.9 Å². The molecule has 1 atom stereocenters. The molecule has 2 heterocycles. The zero-order chi connectivity index (χ0) is 20.6. The third-order valence-electron chi connectivity index (χ3n) is 6.45. The van der Waals surface area contributed by atoms with Crippen molar-refractivity contribution in [3.8, 4) is 5.75 Å². The second-order valence-corrected chi connectivity index (χ2v) is 9.37. The van der Waals surface area contributed by atoms with Crippen LogP contribution < -0.4 is 4.74 Å². The van der Waals surface area contributed by atoms with Crippen molar-refractivity contribution < 1.29 is 14.3 Å². The number of benzene rings is 1. The van der Waals surface area contributed by atoms with Gasteiger partial charge < -0.3 is 19.3 Å². The van der Waals surface area contributed by atoms with Gasteiger partial charge in [-0.25, -0.2) is 0 Å². The SMILES string of the molecule is COCC(=O)N1CCC(CCCN2CCC(Cc3cc(OC)ccc3Br)C2)CC1. The van der Waals surface area contributed by atoms with Crippen molar-refractivity contribution >= 4 is 21.8 Å². The molecule has 2 aliphatic rings. The van der Waals surface area contributed by atoms with E-state index in [-0.39, 0.29) is 12.5 Å². The molecule has 5 nitrogen and oxygen atoms in total. The van der Waals surface area contributed by atoms with Gasteiger partial charge in [-0.2, -0.15) is 0 Å². The molecular formula is C23H35BrN2O3. The lowest BCUT2D eigenvalue weighted by atomic mass is 9.92. The van der Waals surface area contributed by atoms with Gasteiger partial charge in [-0.05, 0) is 87.2 Å². The van der Waals surface area contributed by atoms with Gasteiger partial charge >= 0.3 is 0 Å². The predicted octanol–water partition coefficient (Wildman–Crippen LogP) is 3.99. The van der Waals surface area contributed by atoms with Crippen LogP contribution in [0.5, 0.6) is 5.75 Å². The Labute approximate surface area is 183 Å². The highest BCUT2D eigenvalue weighted by Crippen LogP contribution is 2.29. The number of hydrogen-bond acceptors (Lipinski definition) is 4. The number of halogens is 1. The highest BCUT2D eigenvalue weighted by Gasteiger charge is 2.25. The number of amides is 1. The van der Waals surface area contributed by atoms with Crippen LogP contribution in [0.15, 0.2) is 22.7 Å². The van der Waals surface area contributed by atoms with Crippen LogP contribution in [-0.4, -0.2) is 69.3 Å². The minimum Gasteiger partial charge on any atom is -0.497 e. The third-order valence-corrected chi connectivity index (χ3v) is 7.23. The fourth-order valence-electron chi connectivity index (χ4n) is 4.72. The summed E-state index contributed by atoms with van der Waals surface area (Å²) in [6.45, 7) is 5.64. The van der Waals surface area contributed by atoms with Crippen molar-refractivity contribution in [1.82, 2.24) is 9.80 Å². The van der Waals surface area contributed by atoms with Crippen molar-refractivity contribution in [1.29, 1.82) is 0 Å². The Bertz CT molecular complexity index is 662. The van der Waals surface area contributed by atoms with Crippen molar-refractivity contribution in [2.45, 2.75) is 38.5 Å². The molecule has 2 aliphatic heterocycles. The van der Waals surface area contributed by atoms with Gasteiger partial charge in [0.1, 0.15) is 12.4 Å². The van der Waals surface area contributed by atoms with E-state index in [1.807, 2.05) is 11.0 Å². The van der Waals surface area contributed by atoms with E-state index >= 15 is 0 Å². The van der Waals surface area contributed by atoms with E-state index in [1.165, 1.54) is 48.9 Å². The summed E-state index contributed by atoms with van der Waals surface area (Å²) in [6.07, 6.45) is 7.23. The van der Waals surface area contributed by atoms with Crippen LogP contribution in [-0.2, 0) is 16.0 Å². The average molecular weight is 467 g/mol. The first-order valence-corrected chi connectivity index (χ1v) is 11.7. The summed E-state index contributed by atoms with van der Waals surface area (Å²) in [5, 5.41) is 0. The summed E-state index contributed by atoms with van der Waals surface area (Å²) in [5.41, 5.74) is 1.35. The molecule has 0 radical (unpaired) electrons. The summed E-state index contributed by atoms with van der Waals surface area (Å²) in [4.78, 5) is 16.5. The zero-order valence-electron chi connectivity index (χ0n) is 17.9. The Morgan fingerprint density at radius 1 is 1.14 bits per heavy atom. The quantitative estimate of drug-likeness (QED) is 0.551. The summed E-state index contributed by atoms with van der Waals surface area (Å²) in [5.74, 6) is 2.57. The molecule has 2 fully saturated rings. The van der Waals surface area contributed by atoms with Crippen LogP contribution in [0.2, 0.25) is 0 Å². The minimum atomic E-state index is 0.136. The number of nitrogens with zero attached hydrogens (tertiary/aromatic N) is 2. The van der Waals surface area contributed by atoms with Crippen LogP contribution in [0, 0.1) is 11.8 Å². The largest absolute Gasteiger partial charge is 0.497 e. The lowest BCUT2D eigenvalue weighted by Crippen LogP contribution is -2.40. The standard InChI is InChI=1S/C23H35BrN2O3/c1-28-17-23(27)26-12-8-18(9-13-26)4-3-10-25-11-7-19(16-25)14-20-15-21(29-2)5-6-22(20)24/h5-6,15,18-19H,3-4,7-14,16-17H2,1-2H3. The number of likely N-dealkylation sites (tertiary alicyclic amines) is 2. The molecule has 1 aromatic rings. The highest BCUT2D eigenvalue weighted by molar-refractivity contribution is 9.10. The number of carbonyl (C=O) groups excluding carboxylic acids is 1. The molecule has 2 saturated heterocycles. The molecule has 1 aromatic carbocycles. The zero-order valence-corrected chi connectivity index (χ0v) is 19.5. The Balaban J connectivity index is 1.34. The van der Waals surface area contributed by atoms with Crippen molar-refractivity contribution in [2.75, 3.05) is 53.6 Å². The Kier molecular flexibility index (Phi) is 8.82. The van der Waals surface area contributed by atoms with Gasteiger partial charge in [0.15, 0.2) is 0 Å². The second-order valence-electron chi connectivity index (χ2n) is 8.52. The van der Waals surface area contributed by atoms with Crippen molar-refractivity contribution in [3.05, 3.63) is 28.2 Å². The van der Waals surface area contributed by atoms with Gasteiger partial charge in [-0.1, -0.05) is 15.9 Å². The first kappa shape index (κ1) is 22.6. The fraction of sp³-hybridized carbons (Fsp3) is 0.696. The van der Waals surface area contributed by atoms with Crippen LogP contribution in [0.4, 0.5) is 0 Å². The molecule has 6 heteroatoms. The molecule has 0 bridgehead atoms. The molecular weight excluding hydrogens is 432 g/mol. The van der Waals surface area contributed by atoms with Crippen molar-refractivity contribution in [3.63, 3.8) is 0 Å². The van der Waals surface area contributed by atoms with Gasteiger partial charge in [0, 0.05) is 31.2 Å². The van der Waals surface area contributed by atoms with Gasteiger partial charge in [-0.3, -0.25) is 4.79 Å². The van der Waals surface area contributed by atoms with Crippen molar-refractivity contribution in [2.24, 2.45) is 11.8 Å². The van der Waals surface area contributed by atoms with Gasteiger partial charge in [-0.15, -0.1) is 0 Å². The van der Waals surface area contributed by atoms with Crippen LogP contribution in [0.3, 0.4) is 0 Å². The maximum Gasteiger partial charge on any atom is 0.248 e. The number of methoxy groups -OCH3 is 2. The highest BCUT2D eigenvalue weighted by atomic mass is 79.9. The summed E-state index contributed by atoms with van der Waals surface area (Å²) < 4.78 is 11.5. The van der Waals surface area contributed by atoms with Gasteiger partial charge in [0.25, 0.3) is 0 Å². The number of piperidine rings is 1. The monoisotopic (exact) mass is 466 g/mol. The van der Waals surface area contributed by atoms with Crippen LogP contribution in [0.25, 0.3) is 0 Å². The minimum absolute atomic E-state index is 0.136. The summed E-state index contributed by atoms with van der Waals surface area (Å²) in [6, 6.07) is 6.26. The second kappa shape index (κ2) is 11.3. The van der Waals surface area contributed by atoms with E-state index in [0.29, 0.717) is 0 Å². The number of ether oxygens (including phenoxy) is 2. The lowest BCUT2D eigenvalue weighted by molar-refractivity contribution is -0.136. The van der Waals surface area contributed by atoms with Gasteiger partial charge in [0.05, 0.1) is 7.11 Å². The Morgan fingerprint density at radius 3 is 2.62 bits per heavy atom. The molecule has 1 amide bonds. The summed E-state index contributed by atoms with van der Waals surface area (Å²) in [7, 11) is 3.31. The topological polar surface area (TPSA) is 42.0 Å². The van der Waals surface area contributed by atoms with E-state index in [4.69, 9.17) is 9.47 Å². The van der Waals surface area contributed by atoms with E-state index < -0.39 is 0 Å². The fourth-order valence-corrected chi connectivity index (χ4v) is 5.13. The smallest absolute Gasteiger partial charge is 0.248 e. The average Bonchev–Trinajstić information content (AvgIpc) is 3.17. The Hall–Kier alpha value is -1.11. The number of carbonyl (C=O) groups is 1. The first-order valence-electron chi connectivity index (χ1n) is 10.9. The molecule has 29 heavy (non-hydrogen) atoms. The van der Waals surface area contributed by atoms with E-state index in [2.05, 4.69) is 33.0 Å². The van der Waals surface area contributed by atoms with E-state index in [0.717, 1.165) is 49.9 Å². The lowest BCUT2D eigenvalue weighted by Gasteiger charge is -2.32. The number of hydrogen-bond donors (Lipinski definition) is 0. The molecule has 0 spiro atoms. The van der Waals surface area contributed by atoms with E-state index in [9.17, 15) is 4.79 Å². The maximum atomic E-state index is 11.9. The van der Waals surface area contributed by atoms with E-state index in [1.54, 1.807) is 14.2 Å². The number of rotatable bonds is 9. The molecule has 3 rings (SSSR count). The first-order chi connectivity index (χ1) is 14.1. The van der Waals surface area contributed by atoms with Gasteiger partial charge in [0.2, 0.25) is 5.91 Å². The Morgan fingerprint density at radius 2 is 1.90 bits per heavy atom. The molecule has 0 saturated carbocycles. The summed E-state index contributed by atoms with van der Waals surface area (Å²) >= 11 is 3.69. The molecule has 0 aliphatic carbocycles. The third kappa shape index (κ3) is 6.69. The molecule has 1 unspecified atom stereocenters. The molecule has 162 valence electrons.